The van der Waals surface area contributed by atoms with E-state index in [2.05, 4.69) is 21.2 Å². The first kappa shape index (κ1) is 21.5. The number of aromatic hydroxyl groups is 1. The summed E-state index contributed by atoms with van der Waals surface area (Å²) in [7, 11) is 1.70. The van der Waals surface area contributed by atoms with Crippen LogP contribution in [0.1, 0.15) is 5.56 Å². The molecule has 3 saturated heterocycles. The van der Waals surface area contributed by atoms with Crippen LogP contribution in [-0.2, 0) is 16.0 Å². The molecule has 2 aromatic rings. The minimum absolute atomic E-state index is 0.202. The van der Waals surface area contributed by atoms with E-state index >= 15 is 0 Å². The van der Waals surface area contributed by atoms with Gasteiger partial charge < -0.3 is 34.6 Å². The first-order valence-corrected chi connectivity index (χ1v) is 11.2. The van der Waals surface area contributed by atoms with Crippen molar-refractivity contribution in [2.24, 2.45) is 0 Å². The lowest BCUT2D eigenvalue weighted by Gasteiger charge is -2.47. The molecule has 3 N–H and O–H groups in total. The molecule has 0 spiro atoms. The summed E-state index contributed by atoms with van der Waals surface area (Å²) in [6.07, 6.45) is -1.26. The lowest BCUT2D eigenvalue weighted by molar-refractivity contribution is -0.183. The summed E-state index contributed by atoms with van der Waals surface area (Å²) >= 11 is 0. The zero-order valence-electron chi connectivity index (χ0n) is 18.3. The summed E-state index contributed by atoms with van der Waals surface area (Å²) in [5, 5.41) is 24.8. The smallest absolute Gasteiger partial charge is 0.176 e. The highest BCUT2D eigenvalue weighted by Crippen LogP contribution is 2.34. The van der Waals surface area contributed by atoms with Gasteiger partial charge in [0.25, 0.3) is 0 Å². The maximum atomic E-state index is 11.3. The highest BCUT2D eigenvalue weighted by atomic mass is 16.7. The van der Waals surface area contributed by atoms with Gasteiger partial charge in [-0.2, -0.15) is 0 Å². The molecule has 8 nitrogen and oxygen atoms in total. The van der Waals surface area contributed by atoms with Crippen LogP contribution >= 0.6 is 0 Å². The Morgan fingerprint density at radius 3 is 2.59 bits per heavy atom. The topological polar surface area (TPSA) is 86.7 Å². The second kappa shape index (κ2) is 9.25. The van der Waals surface area contributed by atoms with E-state index in [9.17, 15) is 10.2 Å². The third-order valence-electron chi connectivity index (χ3n) is 6.81. The molecule has 2 aromatic carbocycles. The van der Waals surface area contributed by atoms with Crippen molar-refractivity contribution in [2.75, 3.05) is 44.8 Å². The monoisotopic (exact) mass is 441 g/mol. The number of nitrogens with one attached hydrogen (secondary N) is 1. The van der Waals surface area contributed by atoms with Gasteiger partial charge in [0, 0.05) is 38.3 Å². The minimum atomic E-state index is -0.634. The number of hydrogen-bond donors (Lipinski definition) is 3. The van der Waals surface area contributed by atoms with Crippen LogP contribution in [0.3, 0.4) is 0 Å². The quantitative estimate of drug-likeness (QED) is 0.616. The summed E-state index contributed by atoms with van der Waals surface area (Å²) in [6.45, 7) is 4.15. The van der Waals surface area contributed by atoms with Crippen molar-refractivity contribution in [3.8, 4) is 11.5 Å². The van der Waals surface area contributed by atoms with E-state index < -0.39 is 12.4 Å². The zero-order valence-corrected chi connectivity index (χ0v) is 18.3. The molecule has 8 heteroatoms. The van der Waals surface area contributed by atoms with Gasteiger partial charge in [0.05, 0.1) is 37.6 Å². The number of phenolic OH excluding ortho intramolecular Hbond substituents is 1. The molecule has 0 unspecified atom stereocenters. The van der Waals surface area contributed by atoms with Crippen molar-refractivity contribution in [3.63, 3.8) is 0 Å². The Kier molecular flexibility index (Phi) is 6.21. The summed E-state index contributed by atoms with van der Waals surface area (Å²) in [6, 6.07) is 14.8. The number of rotatable bonds is 6. The maximum absolute atomic E-state index is 11.3. The molecule has 3 aliphatic rings. The van der Waals surface area contributed by atoms with Crippen LogP contribution in [0.25, 0.3) is 0 Å². The molecule has 2 bridgehead atoms. The molecule has 0 aromatic heterocycles. The number of piperazine rings is 1. The fraction of sp³-hybridized carbons (Fsp3) is 0.500. The van der Waals surface area contributed by atoms with Gasteiger partial charge in [-0.25, -0.2) is 0 Å². The Labute approximate surface area is 188 Å². The second-order valence-electron chi connectivity index (χ2n) is 8.59. The van der Waals surface area contributed by atoms with Crippen LogP contribution in [0, 0.1) is 0 Å². The SMILES string of the molecule is COc1ccccc1N1CCN([C@H]2[C@@H]3OC[C@@H](O3)[C@@H](NCc3ccccc3O)[C@@H]2O)CC1. The van der Waals surface area contributed by atoms with Crippen molar-refractivity contribution in [1.82, 2.24) is 10.2 Å². The molecular weight excluding hydrogens is 410 g/mol. The summed E-state index contributed by atoms with van der Waals surface area (Å²) in [5.74, 6) is 1.12. The fourth-order valence-corrected chi connectivity index (χ4v) is 5.08. The summed E-state index contributed by atoms with van der Waals surface area (Å²) < 4.78 is 17.6. The maximum Gasteiger partial charge on any atom is 0.176 e. The molecule has 5 rings (SSSR count). The van der Waals surface area contributed by atoms with E-state index in [1.807, 2.05) is 30.3 Å². The molecule has 0 saturated carbocycles. The van der Waals surface area contributed by atoms with Gasteiger partial charge in [0.1, 0.15) is 17.6 Å². The van der Waals surface area contributed by atoms with Gasteiger partial charge in [-0.1, -0.05) is 30.3 Å². The highest BCUT2D eigenvalue weighted by molar-refractivity contribution is 5.58. The Morgan fingerprint density at radius 1 is 1.06 bits per heavy atom. The van der Waals surface area contributed by atoms with Gasteiger partial charge in [-0.3, -0.25) is 4.90 Å². The minimum Gasteiger partial charge on any atom is -0.508 e. The van der Waals surface area contributed by atoms with E-state index in [0.29, 0.717) is 13.2 Å². The predicted octanol–water partition coefficient (Wildman–Crippen LogP) is 1.17. The van der Waals surface area contributed by atoms with E-state index in [0.717, 1.165) is 43.2 Å². The third kappa shape index (κ3) is 4.04. The van der Waals surface area contributed by atoms with Gasteiger partial charge >= 0.3 is 0 Å². The van der Waals surface area contributed by atoms with Crippen LogP contribution in [0.5, 0.6) is 11.5 Å². The van der Waals surface area contributed by atoms with Gasteiger partial charge in [-0.05, 0) is 18.2 Å². The standard InChI is InChI=1S/C24H31N3O5/c1-30-19-9-5-3-7-17(19)26-10-12-27(13-11-26)22-23(29)21(20-15-31-24(22)32-20)25-14-16-6-2-4-8-18(16)28/h2-9,20-25,28-29H,10-15H2,1H3/t20-,21-,22-,23+,24-/m1/s1. The summed E-state index contributed by atoms with van der Waals surface area (Å²) in [4.78, 5) is 4.59. The molecule has 32 heavy (non-hydrogen) atoms. The predicted molar refractivity (Wildman–Crippen MR) is 120 cm³/mol. The van der Waals surface area contributed by atoms with Crippen molar-refractivity contribution < 1.29 is 24.4 Å². The van der Waals surface area contributed by atoms with Crippen LogP contribution in [0.15, 0.2) is 48.5 Å². The number of fused-ring (bicyclic) bond motifs is 2. The number of aliphatic hydroxyl groups excluding tert-OH is 1. The fourth-order valence-electron chi connectivity index (χ4n) is 5.08. The molecule has 3 heterocycles. The number of phenols is 1. The average Bonchev–Trinajstić information content (AvgIpc) is 3.25. The van der Waals surface area contributed by atoms with Crippen LogP contribution in [0.2, 0.25) is 0 Å². The van der Waals surface area contributed by atoms with Crippen molar-refractivity contribution in [2.45, 2.75) is 37.1 Å². The number of benzene rings is 2. The van der Waals surface area contributed by atoms with Crippen LogP contribution in [-0.4, -0.2) is 85.6 Å². The van der Waals surface area contributed by atoms with E-state index in [1.54, 1.807) is 19.2 Å². The second-order valence-corrected chi connectivity index (χ2v) is 8.59. The van der Waals surface area contributed by atoms with Gasteiger partial charge in [0.15, 0.2) is 6.29 Å². The van der Waals surface area contributed by atoms with E-state index in [4.69, 9.17) is 14.2 Å². The van der Waals surface area contributed by atoms with Gasteiger partial charge in [-0.15, -0.1) is 0 Å². The molecule has 172 valence electrons. The molecule has 0 amide bonds. The number of ether oxygens (including phenoxy) is 3. The van der Waals surface area contributed by atoms with E-state index in [-0.39, 0.29) is 23.9 Å². The molecular formula is C24H31N3O5. The van der Waals surface area contributed by atoms with Crippen molar-refractivity contribution >= 4 is 5.69 Å². The summed E-state index contributed by atoms with van der Waals surface area (Å²) in [5.41, 5.74) is 1.89. The first-order chi connectivity index (χ1) is 15.7. The Bertz CT molecular complexity index is 920. The normalized spacial score (nSPS) is 30.4. The molecule has 5 atom stereocenters. The third-order valence-corrected chi connectivity index (χ3v) is 6.81. The number of aliphatic hydroxyl groups is 1. The number of para-hydroxylation sites is 3. The molecule has 3 aliphatic heterocycles. The molecule has 0 radical (unpaired) electrons. The Balaban J connectivity index is 1.25. The van der Waals surface area contributed by atoms with Crippen LogP contribution < -0.4 is 15.0 Å². The molecule has 0 aliphatic carbocycles. The number of hydrogen-bond acceptors (Lipinski definition) is 8. The Morgan fingerprint density at radius 2 is 1.81 bits per heavy atom. The average molecular weight is 442 g/mol. The van der Waals surface area contributed by atoms with Crippen LogP contribution in [0.4, 0.5) is 5.69 Å². The largest absolute Gasteiger partial charge is 0.508 e. The first-order valence-electron chi connectivity index (χ1n) is 11.2. The van der Waals surface area contributed by atoms with E-state index in [1.165, 1.54) is 0 Å². The van der Waals surface area contributed by atoms with Gasteiger partial charge in [0.2, 0.25) is 0 Å². The number of anilines is 1. The lowest BCUT2D eigenvalue weighted by Crippen LogP contribution is -2.66. The number of methoxy groups -OCH3 is 1. The number of nitrogens with zero attached hydrogens (tertiary/aromatic N) is 2. The Hall–Kier alpha value is -2.36. The van der Waals surface area contributed by atoms with Crippen molar-refractivity contribution in [3.05, 3.63) is 54.1 Å². The lowest BCUT2D eigenvalue weighted by atomic mass is 9.94. The zero-order chi connectivity index (χ0) is 22.1. The van der Waals surface area contributed by atoms with Crippen molar-refractivity contribution in [1.29, 1.82) is 0 Å². The highest BCUT2D eigenvalue weighted by Gasteiger charge is 2.52. The molecule has 3 fully saturated rings.